The molecular formula is C16H13ClN2O3S. The second-order valence-corrected chi connectivity index (χ2v) is 6.72. The van der Waals surface area contributed by atoms with Crippen molar-refractivity contribution >= 4 is 28.8 Å². The summed E-state index contributed by atoms with van der Waals surface area (Å²) in [7, 11) is 1.69. The van der Waals surface area contributed by atoms with Gasteiger partial charge in [0, 0.05) is 19.7 Å². The molecule has 0 atom stereocenters. The van der Waals surface area contributed by atoms with Gasteiger partial charge in [0.25, 0.3) is 5.91 Å². The Morgan fingerprint density at radius 2 is 2.04 bits per heavy atom. The second-order valence-electron chi connectivity index (χ2n) is 5.01. The molecule has 1 amide bonds. The van der Waals surface area contributed by atoms with E-state index in [1.165, 1.54) is 16.2 Å². The zero-order valence-corrected chi connectivity index (χ0v) is 13.8. The van der Waals surface area contributed by atoms with Crippen LogP contribution in [0.25, 0.3) is 10.6 Å². The smallest absolute Gasteiger partial charge is 0.276 e. The van der Waals surface area contributed by atoms with Crippen LogP contribution in [-0.4, -0.2) is 28.1 Å². The summed E-state index contributed by atoms with van der Waals surface area (Å²) in [5, 5.41) is 13.1. The number of phenols is 1. The average molecular weight is 349 g/mol. The highest BCUT2D eigenvalue weighted by Gasteiger charge is 2.18. The molecular weight excluding hydrogens is 336 g/mol. The van der Waals surface area contributed by atoms with Crippen molar-refractivity contribution < 1.29 is 14.4 Å². The van der Waals surface area contributed by atoms with E-state index in [4.69, 9.17) is 16.1 Å². The monoisotopic (exact) mass is 348 g/mol. The number of halogens is 1. The fraction of sp³-hybridized carbons (Fsp3) is 0.125. The van der Waals surface area contributed by atoms with Crippen molar-refractivity contribution in [1.82, 2.24) is 10.1 Å². The van der Waals surface area contributed by atoms with E-state index in [9.17, 15) is 9.90 Å². The minimum Gasteiger partial charge on any atom is -0.508 e. The molecule has 7 heteroatoms. The normalized spacial score (nSPS) is 10.7. The van der Waals surface area contributed by atoms with E-state index in [-0.39, 0.29) is 17.4 Å². The topological polar surface area (TPSA) is 66.6 Å². The van der Waals surface area contributed by atoms with Gasteiger partial charge in [0.15, 0.2) is 11.5 Å². The van der Waals surface area contributed by atoms with Crippen LogP contribution in [0, 0.1) is 0 Å². The van der Waals surface area contributed by atoms with Crippen molar-refractivity contribution in [1.29, 1.82) is 0 Å². The number of hydrogen-bond acceptors (Lipinski definition) is 5. The molecule has 1 N–H and O–H groups in total. The third-order valence-corrected chi connectivity index (χ3v) is 4.49. The number of carbonyl (C=O) groups excluding carboxylic acids is 1. The van der Waals surface area contributed by atoms with Crippen molar-refractivity contribution in [3.63, 3.8) is 0 Å². The van der Waals surface area contributed by atoms with Gasteiger partial charge >= 0.3 is 0 Å². The van der Waals surface area contributed by atoms with Crippen LogP contribution in [-0.2, 0) is 6.54 Å². The molecule has 3 aromatic rings. The number of hydrogen-bond donors (Lipinski definition) is 1. The molecule has 0 aliphatic rings. The third kappa shape index (κ3) is 3.55. The number of nitrogens with zero attached hydrogens (tertiary/aromatic N) is 2. The Morgan fingerprint density at radius 1 is 1.30 bits per heavy atom. The van der Waals surface area contributed by atoms with Gasteiger partial charge in [0.2, 0.25) is 0 Å². The second kappa shape index (κ2) is 6.44. The molecule has 0 fully saturated rings. The Bertz CT molecular complexity index is 826. The largest absolute Gasteiger partial charge is 0.508 e. The summed E-state index contributed by atoms with van der Waals surface area (Å²) in [5.41, 5.74) is 1.15. The maximum Gasteiger partial charge on any atom is 0.276 e. The predicted molar refractivity (Wildman–Crippen MR) is 88.7 cm³/mol. The first-order chi connectivity index (χ1) is 11.0. The van der Waals surface area contributed by atoms with Gasteiger partial charge < -0.3 is 14.5 Å². The molecule has 3 rings (SSSR count). The minimum absolute atomic E-state index is 0.193. The van der Waals surface area contributed by atoms with Crippen molar-refractivity contribution in [3.05, 3.63) is 58.1 Å². The lowest BCUT2D eigenvalue weighted by Crippen LogP contribution is -2.26. The number of thiophene rings is 1. The number of benzene rings is 1. The molecule has 118 valence electrons. The van der Waals surface area contributed by atoms with E-state index in [2.05, 4.69) is 5.16 Å². The molecule has 0 saturated carbocycles. The zero-order chi connectivity index (χ0) is 16.4. The van der Waals surface area contributed by atoms with Crippen LogP contribution in [0.2, 0.25) is 4.34 Å². The van der Waals surface area contributed by atoms with Gasteiger partial charge in [-0.05, 0) is 29.8 Å². The van der Waals surface area contributed by atoms with Gasteiger partial charge in [0.05, 0.1) is 9.21 Å². The van der Waals surface area contributed by atoms with Crippen LogP contribution >= 0.6 is 22.9 Å². The average Bonchev–Trinajstić information content (AvgIpc) is 3.17. The number of phenolic OH excluding ortho intramolecular Hbond substituents is 1. The number of amides is 1. The maximum atomic E-state index is 12.4. The molecule has 0 radical (unpaired) electrons. The van der Waals surface area contributed by atoms with Gasteiger partial charge in [-0.3, -0.25) is 4.79 Å². The molecule has 0 spiro atoms. The highest BCUT2D eigenvalue weighted by Crippen LogP contribution is 2.31. The van der Waals surface area contributed by atoms with Crippen molar-refractivity contribution in [3.8, 4) is 16.4 Å². The lowest BCUT2D eigenvalue weighted by molar-refractivity contribution is 0.0775. The van der Waals surface area contributed by atoms with Crippen LogP contribution in [0.4, 0.5) is 0 Å². The Balaban J connectivity index is 1.72. The number of aromatic hydroxyl groups is 1. The summed E-state index contributed by atoms with van der Waals surface area (Å²) < 4.78 is 5.87. The highest BCUT2D eigenvalue weighted by atomic mass is 35.5. The summed E-state index contributed by atoms with van der Waals surface area (Å²) in [6.07, 6.45) is 0. The van der Waals surface area contributed by atoms with Gasteiger partial charge in [-0.25, -0.2) is 0 Å². The third-order valence-electron chi connectivity index (χ3n) is 3.25. The van der Waals surface area contributed by atoms with Gasteiger partial charge in [0.1, 0.15) is 5.75 Å². The fourth-order valence-electron chi connectivity index (χ4n) is 2.08. The number of carbonyl (C=O) groups is 1. The first kappa shape index (κ1) is 15.6. The van der Waals surface area contributed by atoms with E-state index in [0.29, 0.717) is 16.6 Å². The summed E-state index contributed by atoms with van der Waals surface area (Å²) in [5.74, 6) is 0.470. The Labute approximate surface area is 141 Å². The first-order valence-electron chi connectivity index (χ1n) is 6.79. The standard InChI is InChI=1S/C16H13ClN2O3S/c1-19(9-10-2-4-11(20)5-3-10)16(21)12-8-13(22-18-12)14-6-7-15(17)23-14/h2-8,20H,9H2,1H3. The van der Waals surface area contributed by atoms with Crippen LogP contribution in [0.5, 0.6) is 5.75 Å². The van der Waals surface area contributed by atoms with Crippen LogP contribution < -0.4 is 0 Å². The predicted octanol–water partition coefficient (Wildman–Crippen LogP) is 4.03. The molecule has 2 aromatic heterocycles. The lowest BCUT2D eigenvalue weighted by Gasteiger charge is -2.15. The molecule has 2 heterocycles. The first-order valence-corrected chi connectivity index (χ1v) is 7.98. The van der Waals surface area contributed by atoms with Crippen LogP contribution in [0.3, 0.4) is 0 Å². The van der Waals surface area contributed by atoms with Crippen molar-refractivity contribution in [2.75, 3.05) is 7.05 Å². The van der Waals surface area contributed by atoms with E-state index in [1.807, 2.05) is 6.07 Å². The summed E-state index contributed by atoms with van der Waals surface area (Å²) >= 11 is 7.26. The van der Waals surface area contributed by atoms with E-state index in [1.54, 1.807) is 43.4 Å². The fourth-order valence-corrected chi connectivity index (χ4v) is 3.07. The maximum absolute atomic E-state index is 12.4. The van der Waals surface area contributed by atoms with Crippen LogP contribution in [0.15, 0.2) is 47.0 Å². The Kier molecular flexibility index (Phi) is 4.36. The Morgan fingerprint density at radius 3 is 2.70 bits per heavy atom. The number of rotatable bonds is 4. The quantitative estimate of drug-likeness (QED) is 0.772. The van der Waals surface area contributed by atoms with Crippen molar-refractivity contribution in [2.24, 2.45) is 0 Å². The molecule has 0 aliphatic heterocycles. The van der Waals surface area contributed by atoms with Gasteiger partial charge in [-0.1, -0.05) is 28.9 Å². The number of aromatic nitrogens is 1. The molecule has 0 saturated heterocycles. The van der Waals surface area contributed by atoms with Gasteiger partial charge in [-0.2, -0.15) is 0 Å². The zero-order valence-electron chi connectivity index (χ0n) is 12.2. The minimum atomic E-state index is -0.240. The van der Waals surface area contributed by atoms with Crippen molar-refractivity contribution in [2.45, 2.75) is 6.54 Å². The summed E-state index contributed by atoms with van der Waals surface area (Å²) in [6, 6.07) is 11.9. The highest BCUT2D eigenvalue weighted by molar-refractivity contribution is 7.19. The molecule has 1 aromatic carbocycles. The van der Waals surface area contributed by atoms with Gasteiger partial charge in [-0.15, -0.1) is 11.3 Å². The SMILES string of the molecule is CN(Cc1ccc(O)cc1)C(=O)c1cc(-c2ccc(Cl)s2)on1. The summed E-state index contributed by atoms with van der Waals surface area (Å²) in [6.45, 7) is 0.409. The molecule has 0 aliphatic carbocycles. The molecule has 0 unspecified atom stereocenters. The molecule has 0 bridgehead atoms. The van der Waals surface area contributed by atoms with E-state index in [0.717, 1.165) is 10.4 Å². The molecule has 5 nitrogen and oxygen atoms in total. The summed E-state index contributed by atoms with van der Waals surface area (Å²) in [4.78, 5) is 14.8. The lowest BCUT2D eigenvalue weighted by atomic mass is 10.2. The van der Waals surface area contributed by atoms with E-state index >= 15 is 0 Å². The van der Waals surface area contributed by atoms with Crippen LogP contribution in [0.1, 0.15) is 16.1 Å². The van der Waals surface area contributed by atoms with E-state index < -0.39 is 0 Å². The molecule has 23 heavy (non-hydrogen) atoms. The Hall–Kier alpha value is -2.31.